The lowest BCUT2D eigenvalue weighted by Gasteiger charge is -2.05. The van der Waals surface area contributed by atoms with Crippen molar-refractivity contribution in [3.8, 4) is 5.75 Å². The van der Waals surface area contributed by atoms with Crippen molar-refractivity contribution in [3.05, 3.63) is 46.5 Å². The van der Waals surface area contributed by atoms with E-state index in [1.54, 1.807) is 21.0 Å². The van der Waals surface area contributed by atoms with E-state index in [1.807, 2.05) is 18.2 Å². The lowest BCUT2D eigenvalue weighted by molar-refractivity contribution is 0.0952. The topological polar surface area (TPSA) is 99.9 Å². The highest BCUT2D eigenvalue weighted by atomic mass is 16.5. The number of ketones is 1. The number of ether oxygens (including phenoxy) is 1. The number of nitrogens with zero attached hydrogens (tertiary/aromatic N) is 1. The molecule has 3 rings (SSSR count). The summed E-state index contributed by atoms with van der Waals surface area (Å²) < 4.78 is 5.20. The summed E-state index contributed by atoms with van der Waals surface area (Å²) in [5.74, 6) is 1.28. The Hall–Kier alpha value is -3.09. The number of Topliss-reactive ketones (excluding diaryl/α,β-unsaturated/α-hetero) is 1. The molecule has 26 heavy (non-hydrogen) atoms. The van der Waals surface area contributed by atoms with E-state index in [2.05, 4.69) is 20.3 Å². The zero-order chi connectivity index (χ0) is 18.8. The first-order valence-corrected chi connectivity index (χ1v) is 8.41. The Balaban J connectivity index is 1.66. The Morgan fingerprint density at radius 2 is 2.00 bits per heavy atom. The van der Waals surface area contributed by atoms with Gasteiger partial charge in [-0.2, -0.15) is 0 Å². The standard InChI is InChI=1S/C19H22N4O3/c1-10-17(11(2)21-18(10)12(3)24)19(25)20-8-7-16-22-14-6-5-13(26-4)9-15(14)23-16/h5-6,9,21H,7-8H2,1-4H3,(H,20,25)(H,22,23). The van der Waals surface area contributed by atoms with Gasteiger partial charge in [0.15, 0.2) is 5.78 Å². The van der Waals surface area contributed by atoms with Crippen LogP contribution in [0.25, 0.3) is 11.0 Å². The van der Waals surface area contributed by atoms with Crippen LogP contribution >= 0.6 is 0 Å². The Labute approximate surface area is 151 Å². The zero-order valence-corrected chi connectivity index (χ0v) is 15.3. The van der Waals surface area contributed by atoms with Gasteiger partial charge in [-0.3, -0.25) is 9.59 Å². The summed E-state index contributed by atoms with van der Waals surface area (Å²) >= 11 is 0. The van der Waals surface area contributed by atoms with Gasteiger partial charge < -0.3 is 20.0 Å². The number of carbonyl (C=O) groups is 2. The number of rotatable bonds is 6. The van der Waals surface area contributed by atoms with Crippen LogP contribution < -0.4 is 10.1 Å². The summed E-state index contributed by atoms with van der Waals surface area (Å²) in [6.45, 7) is 5.49. The van der Waals surface area contributed by atoms with E-state index < -0.39 is 0 Å². The maximum absolute atomic E-state index is 12.5. The van der Waals surface area contributed by atoms with Crippen molar-refractivity contribution in [2.45, 2.75) is 27.2 Å². The molecule has 3 aromatic rings. The lowest BCUT2D eigenvalue weighted by atomic mass is 10.1. The molecule has 7 heteroatoms. The third-order valence-corrected chi connectivity index (χ3v) is 4.40. The second-order valence-corrected chi connectivity index (χ2v) is 6.25. The van der Waals surface area contributed by atoms with Gasteiger partial charge in [-0.1, -0.05) is 0 Å². The van der Waals surface area contributed by atoms with Crippen LogP contribution in [-0.4, -0.2) is 40.3 Å². The third-order valence-electron chi connectivity index (χ3n) is 4.40. The molecule has 1 aromatic carbocycles. The second-order valence-electron chi connectivity index (χ2n) is 6.25. The number of aryl methyl sites for hydroxylation is 1. The van der Waals surface area contributed by atoms with Gasteiger partial charge in [0, 0.05) is 31.6 Å². The molecule has 0 aliphatic rings. The van der Waals surface area contributed by atoms with E-state index in [0.717, 1.165) is 22.6 Å². The summed E-state index contributed by atoms with van der Waals surface area (Å²) in [6.07, 6.45) is 0.574. The highest BCUT2D eigenvalue weighted by Gasteiger charge is 2.19. The van der Waals surface area contributed by atoms with E-state index >= 15 is 0 Å². The molecule has 2 heterocycles. The van der Waals surface area contributed by atoms with Gasteiger partial charge in [-0.05, 0) is 31.5 Å². The molecule has 0 fully saturated rings. The van der Waals surface area contributed by atoms with E-state index in [4.69, 9.17) is 4.74 Å². The number of benzene rings is 1. The molecule has 0 aliphatic carbocycles. The highest BCUT2D eigenvalue weighted by Crippen LogP contribution is 2.19. The average molecular weight is 354 g/mol. The average Bonchev–Trinajstić information content (AvgIpc) is 3.13. The number of hydrogen-bond donors (Lipinski definition) is 3. The van der Waals surface area contributed by atoms with Crippen molar-refractivity contribution in [2.24, 2.45) is 0 Å². The number of aromatic amines is 2. The van der Waals surface area contributed by atoms with Gasteiger partial charge in [0.05, 0.1) is 29.4 Å². The maximum Gasteiger partial charge on any atom is 0.253 e. The molecule has 3 N–H and O–H groups in total. The number of hydrogen-bond acceptors (Lipinski definition) is 4. The number of imidazole rings is 1. The fraction of sp³-hybridized carbons (Fsp3) is 0.316. The predicted octanol–water partition coefficient (Wildman–Crippen LogP) is 2.69. The SMILES string of the molecule is COc1ccc2nc(CCNC(=O)c3c(C)[nH]c(C(C)=O)c3C)[nH]c2c1. The van der Waals surface area contributed by atoms with Crippen molar-refractivity contribution in [3.63, 3.8) is 0 Å². The minimum absolute atomic E-state index is 0.0812. The van der Waals surface area contributed by atoms with Crippen LogP contribution in [0, 0.1) is 13.8 Å². The molecular formula is C19H22N4O3. The maximum atomic E-state index is 12.5. The third kappa shape index (κ3) is 3.33. The van der Waals surface area contributed by atoms with Crippen molar-refractivity contribution >= 4 is 22.7 Å². The second kappa shape index (κ2) is 7.03. The van der Waals surface area contributed by atoms with Gasteiger partial charge >= 0.3 is 0 Å². The molecule has 1 amide bonds. The minimum Gasteiger partial charge on any atom is -0.497 e. The Kier molecular flexibility index (Phi) is 4.79. The molecule has 0 saturated heterocycles. The molecule has 2 aromatic heterocycles. The molecule has 0 radical (unpaired) electrons. The van der Waals surface area contributed by atoms with E-state index in [-0.39, 0.29) is 11.7 Å². The van der Waals surface area contributed by atoms with Gasteiger partial charge in [0.1, 0.15) is 11.6 Å². The quantitative estimate of drug-likeness (QED) is 0.593. The van der Waals surface area contributed by atoms with Crippen molar-refractivity contribution in [1.82, 2.24) is 20.3 Å². The number of methoxy groups -OCH3 is 1. The van der Waals surface area contributed by atoms with Crippen molar-refractivity contribution in [1.29, 1.82) is 0 Å². The lowest BCUT2D eigenvalue weighted by Crippen LogP contribution is -2.26. The van der Waals surface area contributed by atoms with E-state index in [0.29, 0.717) is 35.5 Å². The minimum atomic E-state index is -0.193. The number of fused-ring (bicyclic) bond motifs is 1. The first kappa shape index (κ1) is 17.7. The smallest absolute Gasteiger partial charge is 0.253 e. The number of carbonyl (C=O) groups excluding carboxylic acids is 2. The molecule has 0 unspecified atom stereocenters. The van der Waals surface area contributed by atoms with E-state index in [1.165, 1.54) is 6.92 Å². The van der Waals surface area contributed by atoms with E-state index in [9.17, 15) is 9.59 Å². The summed E-state index contributed by atoms with van der Waals surface area (Å²) in [6, 6.07) is 5.64. The molecule has 0 atom stereocenters. The fourth-order valence-electron chi connectivity index (χ4n) is 3.11. The van der Waals surface area contributed by atoms with Crippen LogP contribution in [0.15, 0.2) is 18.2 Å². The summed E-state index contributed by atoms with van der Waals surface area (Å²) in [7, 11) is 1.62. The molecule has 136 valence electrons. The van der Waals surface area contributed by atoms with Gasteiger partial charge in [0.25, 0.3) is 5.91 Å². The van der Waals surface area contributed by atoms with Gasteiger partial charge in [-0.25, -0.2) is 4.98 Å². The summed E-state index contributed by atoms with van der Waals surface area (Å²) in [5.41, 5.74) is 4.15. The normalized spacial score (nSPS) is 10.9. The van der Waals surface area contributed by atoms with Crippen LogP contribution in [0.3, 0.4) is 0 Å². The Morgan fingerprint density at radius 1 is 1.23 bits per heavy atom. The van der Waals surface area contributed by atoms with Crippen LogP contribution in [-0.2, 0) is 6.42 Å². The largest absolute Gasteiger partial charge is 0.497 e. The van der Waals surface area contributed by atoms with Crippen LogP contribution in [0.2, 0.25) is 0 Å². The first-order valence-electron chi connectivity index (χ1n) is 8.41. The molecule has 0 aliphatic heterocycles. The van der Waals surface area contributed by atoms with Crippen molar-refractivity contribution < 1.29 is 14.3 Å². The monoisotopic (exact) mass is 354 g/mol. The molecule has 7 nitrogen and oxygen atoms in total. The van der Waals surface area contributed by atoms with Crippen LogP contribution in [0.4, 0.5) is 0 Å². The molecule has 0 saturated carbocycles. The molecule has 0 bridgehead atoms. The predicted molar refractivity (Wildman–Crippen MR) is 99.0 cm³/mol. The van der Waals surface area contributed by atoms with Crippen LogP contribution in [0.5, 0.6) is 5.75 Å². The van der Waals surface area contributed by atoms with Crippen LogP contribution in [0.1, 0.15) is 44.9 Å². The zero-order valence-electron chi connectivity index (χ0n) is 15.3. The number of amides is 1. The number of aromatic nitrogens is 3. The Bertz CT molecular complexity index is 984. The molecular weight excluding hydrogens is 332 g/mol. The summed E-state index contributed by atoms with van der Waals surface area (Å²) in [4.78, 5) is 34.8. The Morgan fingerprint density at radius 3 is 2.65 bits per heavy atom. The van der Waals surface area contributed by atoms with Gasteiger partial charge in [-0.15, -0.1) is 0 Å². The number of H-pyrrole nitrogens is 2. The number of nitrogens with one attached hydrogen (secondary N) is 3. The highest BCUT2D eigenvalue weighted by molar-refractivity contribution is 6.02. The molecule has 0 spiro atoms. The first-order chi connectivity index (χ1) is 12.4. The fourth-order valence-corrected chi connectivity index (χ4v) is 3.11. The summed E-state index contributed by atoms with van der Waals surface area (Å²) in [5, 5.41) is 2.89. The van der Waals surface area contributed by atoms with Crippen molar-refractivity contribution in [2.75, 3.05) is 13.7 Å². The van der Waals surface area contributed by atoms with Gasteiger partial charge in [0.2, 0.25) is 0 Å².